The lowest BCUT2D eigenvalue weighted by atomic mass is 9.83. The summed E-state index contributed by atoms with van der Waals surface area (Å²) in [6.45, 7) is 8.64. The first-order valence-electron chi connectivity index (χ1n) is 6.80. The van der Waals surface area contributed by atoms with Crippen LogP contribution in [0.2, 0.25) is 0 Å². The molecule has 1 heterocycles. The molecule has 0 atom stereocenters. The van der Waals surface area contributed by atoms with Crippen LogP contribution in [0.25, 0.3) is 11.3 Å². The van der Waals surface area contributed by atoms with Crippen molar-refractivity contribution in [1.29, 1.82) is 0 Å². The molecule has 0 saturated heterocycles. The number of nitrogens with zero attached hydrogens (tertiary/aromatic N) is 1. The number of methoxy groups -OCH3 is 1. The molecule has 108 valence electrons. The van der Waals surface area contributed by atoms with E-state index in [1.807, 2.05) is 0 Å². The maximum Gasteiger partial charge on any atom is 0.172 e. The number of nitrogen functional groups attached to an aromatic ring is 1. The standard InChI is InChI=1S/C16H22N2O2/c1-6-10-7-11(13-9-14(17)18-20-13)15(19-5)12(8-10)16(2,3)4/h7-9H,6H2,1-5H3,(H2,17,18). The van der Waals surface area contributed by atoms with Crippen LogP contribution in [0.3, 0.4) is 0 Å². The summed E-state index contributed by atoms with van der Waals surface area (Å²) in [5.41, 5.74) is 8.94. The van der Waals surface area contributed by atoms with Gasteiger partial charge < -0.3 is 15.0 Å². The highest BCUT2D eigenvalue weighted by Crippen LogP contribution is 2.40. The van der Waals surface area contributed by atoms with E-state index in [-0.39, 0.29) is 5.41 Å². The summed E-state index contributed by atoms with van der Waals surface area (Å²) < 4.78 is 10.9. The first-order chi connectivity index (χ1) is 9.36. The van der Waals surface area contributed by atoms with Gasteiger partial charge in [-0.3, -0.25) is 0 Å². The molecule has 4 nitrogen and oxygen atoms in total. The lowest BCUT2D eigenvalue weighted by molar-refractivity contribution is 0.392. The molecule has 2 aromatic rings. The lowest BCUT2D eigenvalue weighted by Gasteiger charge is -2.24. The van der Waals surface area contributed by atoms with E-state index < -0.39 is 0 Å². The number of nitrogens with two attached hydrogens (primary N) is 1. The van der Waals surface area contributed by atoms with Gasteiger partial charge in [0.25, 0.3) is 0 Å². The molecule has 0 radical (unpaired) electrons. The summed E-state index contributed by atoms with van der Waals surface area (Å²) in [6.07, 6.45) is 0.948. The molecule has 0 aliphatic carbocycles. The second-order valence-electron chi connectivity index (χ2n) is 5.94. The molecule has 1 aromatic carbocycles. The molecular weight excluding hydrogens is 252 g/mol. The Balaban J connectivity index is 2.72. The van der Waals surface area contributed by atoms with Gasteiger partial charge in [0.1, 0.15) is 5.75 Å². The number of aromatic nitrogens is 1. The van der Waals surface area contributed by atoms with Crippen molar-refractivity contribution in [3.63, 3.8) is 0 Å². The van der Waals surface area contributed by atoms with E-state index in [0.717, 1.165) is 23.3 Å². The van der Waals surface area contributed by atoms with E-state index in [4.69, 9.17) is 15.0 Å². The lowest BCUT2D eigenvalue weighted by Crippen LogP contribution is -2.14. The van der Waals surface area contributed by atoms with Crippen LogP contribution < -0.4 is 10.5 Å². The molecule has 2 N–H and O–H groups in total. The van der Waals surface area contributed by atoms with E-state index in [9.17, 15) is 0 Å². The Labute approximate surface area is 119 Å². The number of rotatable bonds is 3. The summed E-state index contributed by atoms with van der Waals surface area (Å²) in [4.78, 5) is 0. The van der Waals surface area contributed by atoms with Gasteiger partial charge in [0.2, 0.25) is 0 Å². The first-order valence-corrected chi connectivity index (χ1v) is 6.80. The van der Waals surface area contributed by atoms with Gasteiger partial charge >= 0.3 is 0 Å². The molecule has 0 saturated carbocycles. The normalized spacial score (nSPS) is 11.7. The topological polar surface area (TPSA) is 61.3 Å². The van der Waals surface area contributed by atoms with Crippen LogP contribution in [0.4, 0.5) is 5.82 Å². The molecular formula is C16H22N2O2. The van der Waals surface area contributed by atoms with E-state index >= 15 is 0 Å². The van der Waals surface area contributed by atoms with Crippen LogP contribution >= 0.6 is 0 Å². The van der Waals surface area contributed by atoms with Gasteiger partial charge in [-0.2, -0.15) is 0 Å². The highest BCUT2D eigenvalue weighted by molar-refractivity contribution is 5.71. The number of benzene rings is 1. The monoisotopic (exact) mass is 274 g/mol. The molecule has 20 heavy (non-hydrogen) atoms. The quantitative estimate of drug-likeness (QED) is 0.925. The van der Waals surface area contributed by atoms with Crippen LogP contribution in [-0.2, 0) is 11.8 Å². The van der Waals surface area contributed by atoms with Crippen LogP contribution in [0, 0.1) is 0 Å². The fraction of sp³-hybridized carbons (Fsp3) is 0.438. The third-order valence-corrected chi connectivity index (χ3v) is 3.36. The fourth-order valence-corrected chi connectivity index (χ4v) is 2.27. The van der Waals surface area contributed by atoms with Gasteiger partial charge in [0, 0.05) is 11.6 Å². The second kappa shape index (κ2) is 5.19. The van der Waals surface area contributed by atoms with E-state index in [2.05, 4.69) is 45.0 Å². The summed E-state index contributed by atoms with van der Waals surface area (Å²) in [5, 5.41) is 3.76. The molecule has 0 spiro atoms. The maximum absolute atomic E-state index is 5.66. The zero-order valence-corrected chi connectivity index (χ0v) is 12.8. The Morgan fingerprint density at radius 3 is 2.40 bits per heavy atom. The average Bonchev–Trinajstić information content (AvgIpc) is 2.82. The Hall–Kier alpha value is -1.97. The van der Waals surface area contributed by atoms with Gasteiger partial charge in [-0.05, 0) is 23.5 Å². The minimum atomic E-state index is -0.0170. The Morgan fingerprint density at radius 2 is 1.95 bits per heavy atom. The smallest absolute Gasteiger partial charge is 0.172 e. The predicted molar refractivity (Wildman–Crippen MR) is 81.0 cm³/mol. The van der Waals surface area contributed by atoms with Crippen molar-refractivity contribution in [2.45, 2.75) is 39.5 Å². The van der Waals surface area contributed by atoms with Gasteiger partial charge in [-0.25, -0.2) is 0 Å². The molecule has 0 amide bonds. The molecule has 0 aliphatic heterocycles. The van der Waals surface area contributed by atoms with Crippen molar-refractivity contribution in [2.75, 3.05) is 12.8 Å². The van der Waals surface area contributed by atoms with Crippen LogP contribution in [0.1, 0.15) is 38.8 Å². The summed E-state index contributed by atoms with van der Waals surface area (Å²) in [7, 11) is 1.68. The summed E-state index contributed by atoms with van der Waals surface area (Å²) >= 11 is 0. The maximum atomic E-state index is 5.66. The molecule has 2 rings (SSSR count). The summed E-state index contributed by atoms with van der Waals surface area (Å²) in [5.74, 6) is 1.84. The van der Waals surface area contributed by atoms with Gasteiger partial charge in [-0.1, -0.05) is 38.9 Å². The van der Waals surface area contributed by atoms with Crippen LogP contribution in [0.5, 0.6) is 5.75 Å². The van der Waals surface area contributed by atoms with Crippen molar-refractivity contribution in [1.82, 2.24) is 5.16 Å². The fourth-order valence-electron chi connectivity index (χ4n) is 2.27. The van der Waals surface area contributed by atoms with Crippen molar-refractivity contribution in [3.8, 4) is 17.1 Å². The number of aryl methyl sites for hydroxylation is 1. The van der Waals surface area contributed by atoms with Crippen molar-refractivity contribution in [3.05, 3.63) is 29.3 Å². The highest BCUT2D eigenvalue weighted by atomic mass is 16.5. The minimum absolute atomic E-state index is 0.0170. The van der Waals surface area contributed by atoms with Gasteiger partial charge in [-0.15, -0.1) is 0 Å². The van der Waals surface area contributed by atoms with Gasteiger partial charge in [0.15, 0.2) is 11.6 Å². The second-order valence-corrected chi connectivity index (χ2v) is 5.94. The molecule has 0 bridgehead atoms. The third kappa shape index (κ3) is 2.64. The van der Waals surface area contributed by atoms with Gasteiger partial charge in [0.05, 0.1) is 12.7 Å². The number of anilines is 1. The average molecular weight is 274 g/mol. The van der Waals surface area contributed by atoms with Crippen LogP contribution in [-0.4, -0.2) is 12.3 Å². The number of ether oxygens (including phenoxy) is 1. The van der Waals surface area contributed by atoms with Crippen molar-refractivity contribution in [2.24, 2.45) is 0 Å². The SMILES string of the molecule is CCc1cc(-c2cc(N)no2)c(OC)c(C(C)(C)C)c1. The highest BCUT2D eigenvalue weighted by Gasteiger charge is 2.24. The molecule has 0 fully saturated rings. The Kier molecular flexibility index (Phi) is 3.75. The van der Waals surface area contributed by atoms with E-state index in [1.165, 1.54) is 5.56 Å². The van der Waals surface area contributed by atoms with Crippen molar-refractivity contribution >= 4 is 5.82 Å². The van der Waals surface area contributed by atoms with E-state index in [0.29, 0.717) is 11.6 Å². The molecule has 4 heteroatoms. The molecule has 0 unspecified atom stereocenters. The third-order valence-electron chi connectivity index (χ3n) is 3.36. The predicted octanol–water partition coefficient (Wildman–Crippen LogP) is 3.79. The zero-order valence-electron chi connectivity index (χ0n) is 12.8. The zero-order chi connectivity index (χ0) is 14.9. The summed E-state index contributed by atoms with van der Waals surface area (Å²) in [6, 6.07) is 6.00. The Morgan fingerprint density at radius 1 is 1.25 bits per heavy atom. The van der Waals surface area contributed by atoms with E-state index in [1.54, 1.807) is 13.2 Å². The number of hydrogen-bond acceptors (Lipinski definition) is 4. The molecule has 0 aliphatic rings. The molecule has 1 aromatic heterocycles. The number of hydrogen-bond donors (Lipinski definition) is 1. The largest absolute Gasteiger partial charge is 0.496 e. The first kappa shape index (κ1) is 14.4. The minimum Gasteiger partial charge on any atom is -0.496 e. The van der Waals surface area contributed by atoms with Crippen LogP contribution in [0.15, 0.2) is 22.7 Å². The Bertz CT molecular complexity index is 609. The van der Waals surface area contributed by atoms with Crippen molar-refractivity contribution < 1.29 is 9.26 Å².